The number of hydrogen-bond donors (Lipinski definition) is 3. The third-order valence-corrected chi connectivity index (χ3v) is 5.02. The van der Waals surface area contributed by atoms with E-state index in [1.165, 1.54) is 24.3 Å². The van der Waals surface area contributed by atoms with Gasteiger partial charge < -0.3 is 25.4 Å². The molecule has 0 spiro atoms. The molecule has 1 unspecified atom stereocenters. The Morgan fingerprint density at radius 2 is 1.97 bits per heavy atom. The molecule has 8 nitrogen and oxygen atoms in total. The lowest BCUT2D eigenvalue weighted by Crippen LogP contribution is -2.54. The van der Waals surface area contributed by atoms with Gasteiger partial charge in [0, 0.05) is 38.8 Å². The molecule has 3 rings (SSSR count). The van der Waals surface area contributed by atoms with Crippen LogP contribution in [0, 0.1) is 5.82 Å². The van der Waals surface area contributed by atoms with Crippen LogP contribution in [0.25, 0.3) is 0 Å². The number of guanidine groups is 1. The van der Waals surface area contributed by atoms with Crippen molar-refractivity contribution in [2.75, 3.05) is 52.4 Å². The summed E-state index contributed by atoms with van der Waals surface area (Å²) < 4.78 is 18.4. The van der Waals surface area contributed by atoms with Gasteiger partial charge in [0.05, 0.1) is 13.1 Å². The number of hydrogen-bond acceptors (Lipinski definition) is 5. The number of nitrogens with one attached hydrogen (secondary N) is 2. The van der Waals surface area contributed by atoms with E-state index < -0.39 is 6.10 Å². The number of benzene rings is 1. The second-order valence-corrected chi connectivity index (χ2v) is 7.72. The first kappa shape index (κ1) is 22.3. The van der Waals surface area contributed by atoms with Gasteiger partial charge in [0.25, 0.3) is 0 Å². The number of amides is 1. The Labute approximate surface area is 177 Å². The second-order valence-electron chi connectivity index (χ2n) is 7.72. The van der Waals surface area contributed by atoms with Crippen molar-refractivity contribution in [1.82, 2.24) is 20.4 Å². The maximum absolute atomic E-state index is 12.9. The molecular formula is C21H32FN5O3. The lowest BCUT2D eigenvalue weighted by Gasteiger charge is -2.36. The molecule has 30 heavy (non-hydrogen) atoms. The number of aliphatic imine (C=N–C) groups is 1. The van der Waals surface area contributed by atoms with Crippen molar-refractivity contribution in [3.8, 4) is 5.75 Å². The molecule has 0 aromatic heterocycles. The minimum atomic E-state index is -0.767. The van der Waals surface area contributed by atoms with E-state index in [1.807, 2.05) is 6.92 Å². The number of ether oxygens (including phenoxy) is 1. The van der Waals surface area contributed by atoms with Crippen molar-refractivity contribution in [2.45, 2.75) is 31.9 Å². The largest absolute Gasteiger partial charge is 0.491 e. The standard InChI is InChI=1S/C21H32FN5O3/c1-2-23-21(24-13-18(28)15-30-19-7-3-16(22)4-8-19)27-11-9-26(10-12-27)14-20(29)25-17-5-6-17/h3-4,7-8,17-18,28H,2,5-6,9-15H2,1H3,(H,23,24)(H,25,29). The van der Waals surface area contributed by atoms with Crippen LogP contribution in [0.5, 0.6) is 5.75 Å². The number of aliphatic hydroxyl groups excluding tert-OH is 1. The fourth-order valence-corrected chi connectivity index (χ4v) is 3.22. The number of nitrogens with zero attached hydrogens (tertiary/aromatic N) is 3. The highest BCUT2D eigenvalue weighted by atomic mass is 19.1. The Morgan fingerprint density at radius 1 is 1.27 bits per heavy atom. The van der Waals surface area contributed by atoms with Crippen molar-refractivity contribution >= 4 is 11.9 Å². The van der Waals surface area contributed by atoms with E-state index in [1.54, 1.807) is 0 Å². The molecule has 0 radical (unpaired) electrons. The minimum absolute atomic E-state index is 0.0818. The molecule has 1 heterocycles. The number of piperazine rings is 1. The van der Waals surface area contributed by atoms with Crippen molar-refractivity contribution < 1.29 is 19.0 Å². The highest BCUT2D eigenvalue weighted by Gasteiger charge is 2.26. The highest BCUT2D eigenvalue weighted by molar-refractivity contribution is 5.80. The molecular weight excluding hydrogens is 389 g/mol. The van der Waals surface area contributed by atoms with Gasteiger partial charge in [0.15, 0.2) is 5.96 Å². The van der Waals surface area contributed by atoms with Crippen LogP contribution in [0.2, 0.25) is 0 Å². The molecule has 1 aromatic carbocycles. The van der Waals surface area contributed by atoms with Crippen LogP contribution in [-0.4, -0.2) is 91.3 Å². The van der Waals surface area contributed by atoms with Gasteiger partial charge in [0.1, 0.15) is 24.3 Å². The minimum Gasteiger partial charge on any atom is -0.491 e. The summed E-state index contributed by atoms with van der Waals surface area (Å²) in [6.07, 6.45) is 1.43. The molecule has 166 valence electrons. The van der Waals surface area contributed by atoms with E-state index in [9.17, 15) is 14.3 Å². The number of halogens is 1. The number of carbonyl (C=O) groups excluding carboxylic acids is 1. The van der Waals surface area contributed by atoms with E-state index in [4.69, 9.17) is 4.74 Å². The zero-order chi connectivity index (χ0) is 21.3. The third-order valence-electron chi connectivity index (χ3n) is 5.02. The lowest BCUT2D eigenvalue weighted by molar-refractivity contribution is -0.122. The first-order valence-corrected chi connectivity index (χ1v) is 10.6. The summed E-state index contributed by atoms with van der Waals surface area (Å²) in [5.74, 6) is 1.04. The monoisotopic (exact) mass is 421 g/mol. The summed E-state index contributed by atoms with van der Waals surface area (Å²) in [6.45, 7) is 6.57. The maximum atomic E-state index is 12.9. The molecule has 2 fully saturated rings. The third kappa shape index (κ3) is 7.46. The predicted molar refractivity (Wildman–Crippen MR) is 113 cm³/mol. The Kier molecular flexibility index (Phi) is 8.27. The molecule has 9 heteroatoms. The van der Waals surface area contributed by atoms with Crippen molar-refractivity contribution in [2.24, 2.45) is 4.99 Å². The zero-order valence-corrected chi connectivity index (χ0v) is 17.5. The van der Waals surface area contributed by atoms with Gasteiger partial charge in [0.2, 0.25) is 5.91 Å². The number of aliphatic hydroxyl groups is 1. The topological polar surface area (TPSA) is 89.4 Å². The van der Waals surface area contributed by atoms with Gasteiger partial charge in [-0.1, -0.05) is 0 Å². The average molecular weight is 422 g/mol. The summed E-state index contributed by atoms with van der Waals surface area (Å²) in [6, 6.07) is 6.08. The summed E-state index contributed by atoms with van der Waals surface area (Å²) in [4.78, 5) is 20.8. The van der Waals surface area contributed by atoms with Crippen LogP contribution in [0.15, 0.2) is 29.3 Å². The van der Waals surface area contributed by atoms with Crippen LogP contribution in [0.1, 0.15) is 19.8 Å². The zero-order valence-electron chi connectivity index (χ0n) is 17.5. The van der Waals surface area contributed by atoms with Crippen molar-refractivity contribution in [3.05, 3.63) is 30.1 Å². The first-order valence-electron chi connectivity index (χ1n) is 10.6. The quantitative estimate of drug-likeness (QED) is 0.396. The van der Waals surface area contributed by atoms with Gasteiger partial charge in [-0.2, -0.15) is 0 Å². The molecule has 1 amide bonds. The summed E-state index contributed by atoms with van der Waals surface area (Å²) in [5, 5.41) is 16.5. The molecule has 1 aromatic rings. The van der Waals surface area contributed by atoms with E-state index in [-0.39, 0.29) is 24.9 Å². The first-order chi connectivity index (χ1) is 14.5. The Hall–Kier alpha value is -2.39. The number of rotatable bonds is 9. The molecule has 0 bridgehead atoms. The summed E-state index contributed by atoms with van der Waals surface area (Å²) in [5.41, 5.74) is 0. The predicted octanol–water partition coefficient (Wildman–Crippen LogP) is 0.427. The van der Waals surface area contributed by atoms with Crippen LogP contribution >= 0.6 is 0 Å². The highest BCUT2D eigenvalue weighted by Crippen LogP contribution is 2.18. The van der Waals surface area contributed by atoms with Gasteiger partial charge >= 0.3 is 0 Å². The Bertz CT molecular complexity index is 703. The smallest absolute Gasteiger partial charge is 0.234 e. The van der Waals surface area contributed by atoms with Gasteiger partial charge in [-0.05, 0) is 44.0 Å². The Morgan fingerprint density at radius 3 is 2.60 bits per heavy atom. The van der Waals surface area contributed by atoms with E-state index >= 15 is 0 Å². The van der Waals surface area contributed by atoms with Crippen LogP contribution in [-0.2, 0) is 4.79 Å². The fraction of sp³-hybridized carbons (Fsp3) is 0.619. The van der Waals surface area contributed by atoms with Gasteiger partial charge in [-0.25, -0.2) is 4.39 Å². The normalized spacial score (nSPS) is 18.8. The molecule has 1 saturated carbocycles. The molecule has 1 atom stereocenters. The summed E-state index contributed by atoms with van der Waals surface area (Å²) >= 11 is 0. The summed E-state index contributed by atoms with van der Waals surface area (Å²) in [7, 11) is 0. The van der Waals surface area contributed by atoms with Crippen molar-refractivity contribution in [1.29, 1.82) is 0 Å². The van der Waals surface area contributed by atoms with E-state index in [0.29, 0.717) is 18.3 Å². The van der Waals surface area contributed by atoms with Gasteiger partial charge in [-0.15, -0.1) is 0 Å². The van der Waals surface area contributed by atoms with E-state index in [0.717, 1.165) is 51.5 Å². The van der Waals surface area contributed by atoms with Gasteiger partial charge in [-0.3, -0.25) is 14.7 Å². The lowest BCUT2D eigenvalue weighted by atomic mass is 10.3. The second kappa shape index (κ2) is 11.1. The SMILES string of the molecule is CCNC(=NCC(O)COc1ccc(F)cc1)N1CCN(CC(=O)NC2CC2)CC1. The van der Waals surface area contributed by atoms with Crippen molar-refractivity contribution in [3.63, 3.8) is 0 Å². The van der Waals surface area contributed by atoms with Crippen LogP contribution in [0.4, 0.5) is 4.39 Å². The molecule has 1 aliphatic heterocycles. The van der Waals surface area contributed by atoms with Crippen LogP contribution < -0.4 is 15.4 Å². The van der Waals surface area contributed by atoms with Crippen LogP contribution in [0.3, 0.4) is 0 Å². The maximum Gasteiger partial charge on any atom is 0.234 e. The van der Waals surface area contributed by atoms with E-state index in [2.05, 4.69) is 25.4 Å². The molecule has 2 aliphatic rings. The molecule has 3 N–H and O–H groups in total. The number of carbonyl (C=O) groups is 1. The average Bonchev–Trinajstić information content (AvgIpc) is 3.55. The Balaban J connectivity index is 1.42. The molecule has 1 aliphatic carbocycles. The fourth-order valence-electron chi connectivity index (χ4n) is 3.22. The molecule has 1 saturated heterocycles.